The van der Waals surface area contributed by atoms with Crippen molar-refractivity contribution in [1.29, 1.82) is 0 Å². The first-order valence-corrected chi connectivity index (χ1v) is 6.25. The maximum Gasteiger partial charge on any atom is 0.0557 e. The van der Waals surface area contributed by atoms with Crippen molar-refractivity contribution in [3.63, 3.8) is 0 Å². The normalized spacial score (nSPS) is 22.4. The number of hydrogen-bond donors (Lipinski definition) is 1. The van der Waals surface area contributed by atoms with Crippen LogP contribution in [0.1, 0.15) is 12.5 Å². The Labute approximate surface area is 106 Å². The molecule has 0 amide bonds. The summed E-state index contributed by atoms with van der Waals surface area (Å²) in [5.74, 6) is 0. The topological polar surface area (TPSA) is 15.3 Å². The summed E-state index contributed by atoms with van der Waals surface area (Å²) in [4.78, 5) is 2.48. The highest BCUT2D eigenvalue weighted by atomic mass is 35.5. The summed E-state index contributed by atoms with van der Waals surface area (Å²) >= 11 is 7.76. The van der Waals surface area contributed by atoms with Gasteiger partial charge in [-0.05, 0) is 17.9 Å². The summed E-state index contributed by atoms with van der Waals surface area (Å²) in [7, 11) is 0. The lowest BCUT2D eigenvalue weighted by atomic mass is 10.2. The summed E-state index contributed by atoms with van der Waals surface area (Å²) in [6.07, 6.45) is 0. The average molecular weight is 267 g/mol. The van der Waals surface area contributed by atoms with Crippen molar-refractivity contribution in [3.8, 4) is 0 Å². The van der Waals surface area contributed by atoms with E-state index in [0.29, 0.717) is 6.04 Å². The fourth-order valence-electron chi connectivity index (χ4n) is 1.76. The lowest BCUT2D eigenvalue weighted by Gasteiger charge is -2.33. The second-order valence-corrected chi connectivity index (χ2v) is 4.92. The van der Waals surface area contributed by atoms with E-state index in [1.165, 1.54) is 5.56 Å². The van der Waals surface area contributed by atoms with Gasteiger partial charge in [-0.2, -0.15) is 11.3 Å². The van der Waals surface area contributed by atoms with Crippen LogP contribution in [0.2, 0.25) is 5.02 Å². The highest BCUT2D eigenvalue weighted by Crippen LogP contribution is 2.23. The van der Waals surface area contributed by atoms with Gasteiger partial charge >= 0.3 is 0 Å². The zero-order chi connectivity index (χ0) is 9.97. The minimum Gasteiger partial charge on any atom is -0.314 e. The third-order valence-electron chi connectivity index (χ3n) is 2.70. The average Bonchev–Trinajstić information content (AvgIpc) is 2.56. The minimum absolute atomic E-state index is 0. The second-order valence-electron chi connectivity index (χ2n) is 3.77. The van der Waals surface area contributed by atoms with Gasteiger partial charge in [0.15, 0.2) is 0 Å². The Hall–Kier alpha value is 0.200. The van der Waals surface area contributed by atoms with Crippen LogP contribution in [0, 0.1) is 0 Å². The Bertz CT molecular complexity index is 303. The largest absolute Gasteiger partial charge is 0.314 e. The minimum atomic E-state index is 0. The van der Waals surface area contributed by atoms with E-state index >= 15 is 0 Å². The first-order valence-electron chi connectivity index (χ1n) is 4.92. The molecule has 0 saturated carbocycles. The van der Waals surface area contributed by atoms with Crippen molar-refractivity contribution in [1.82, 2.24) is 10.2 Å². The fourth-order valence-corrected chi connectivity index (χ4v) is 2.80. The third kappa shape index (κ3) is 3.33. The molecule has 86 valence electrons. The molecule has 0 radical (unpaired) electrons. The van der Waals surface area contributed by atoms with Crippen LogP contribution in [0.4, 0.5) is 0 Å². The summed E-state index contributed by atoms with van der Waals surface area (Å²) < 4.78 is 0. The van der Waals surface area contributed by atoms with Crippen LogP contribution in [0.15, 0.2) is 10.8 Å². The second kappa shape index (κ2) is 6.06. The summed E-state index contributed by atoms with van der Waals surface area (Å²) in [6, 6.07) is 0.611. The van der Waals surface area contributed by atoms with Gasteiger partial charge in [-0.3, -0.25) is 4.90 Å². The monoisotopic (exact) mass is 266 g/mol. The maximum absolute atomic E-state index is 6.07. The Morgan fingerprint density at radius 3 is 3.00 bits per heavy atom. The standard InChI is InChI=1S/C10H15ClN2S.ClH/c1-8-4-12-2-3-13(8)5-9-6-14-7-10(9)11;/h6-8,12H,2-5H2,1H3;1H/t8-;/m1./s1. The van der Waals surface area contributed by atoms with Crippen molar-refractivity contribution in [2.75, 3.05) is 19.6 Å². The highest BCUT2D eigenvalue weighted by Gasteiger charge is 2.18. The molecule has 0 bridgehead atoms. The van der Waals surface area contributed by atoms with Gasteiger partial charge in [0.2, 0.25) is 0 Å². The molecule has 1 fully saturated rings. The highest BCUT2D eigenvalue weighted by molar-refractivity contribution is 7.08. The Kier molecular flexibility index (Phi) is 5.36. The molecule has 1 saturated heterocycles. The van der Waals surface area contributed by atoms with Gasteiger partial charge in [0.05, 0.1) is 5.02 Å². The predicted octanol–water partition coefficient (Wildman–Crippen LogP) is 2.62. The smallest absolute Gasteiger partial charge is 0.0557 e. The molecule has 1 aliphatic rings. The molecule has 0 spiro atoms. The van der Waals surface area contributed by atoms with Crippen LogP contribution < -0.4 is 5.32 Å². The van der Waals surface area contributed by atoms with Gasteiger partial charge in [0.25, 0.3) is 0 Å². The van der Waals surface area contributed by atoms with Crippen molar-refractivity contribution < 1.29 is 0 Å². The van der Waals surface area contributed by atoms with E-state index in [9.17, 15) is 0 Å². The molecule has 15 heavy (non-hydrogen) atoms. The Balaban J connectivity index is 0.00000112. The molecule has 1 aromatic rings. The van der Waals surface area contributed by atoms with E-state index < -0.39 is 0 Å². The van der Waals surface area contributed by atoms with Crippen LogP contribution >= 0.6 is 35.3 Å². The van der Waals surface area contributed by atoms with E-state index in [1.807, 2.05) is 5.38 Å². The number of piperazine rings is 1. The van der Waals surface area contributed by atoms with Gasteiger partial charge < -0.3 is 5.32 Å². The van der Waals surface area contributed by atoms with E-state index in [2.05, 4.69) is 22.5 Å². The van der Waals surface area contributed by atoms with Crippen LogP contribution in [0.3, 0.4) is 0 Å². The molecule has 2 heterocycles. The number of thiophene rings is 1. The number of hydrogen-bond acceptors (Lipinski definition) is 3. The van der Waals surface area contributed by atoms with Gasteiger partial charge in [-0.25, -0.2) is 0 Å². The molecule has 0 aliphatic carbocycles. The van der Waals surface area contributed by atoms with Crippen LogP contribution in [0.25, 0.3) is 0 Å². The zero-order valence-corrected chi connectivity index (χ0v) is 11.1. The number of halogens is 2. The van der Waals surface area contributed by atoms with Gasteiger partial charge in [-0.1, -0.05) is 11.6 Å². The number of nitrogens with one attached hydrogen (secondary N) is 1. The molecule has 1 N–H and O–H groups in total. The van der Waals surface area contributed by atoms with Crippen LogP contribution in [-0.2, 0) is 6.54 Å². The summed E-state index contributed by atoms with van der Waals surface area (Å²) in [5.41, 5.74) is 1.27. The van der Waals surface area contributed by atoms with E-state index in [4.69, 9.17) is 11.6 Å². The molecule has 0 aromatic carbocycles. The SMILES string of the molecule is C[C@@H]1CNCCN1Cc1cscc1Cl.Cl. The number of rotatable bonds is 2. The number of nitrogens with zero attached hydrogens (tertiary/aromatic N) is 1. The molecule has 2 rings (SSSR count). The lowest BCUT2D eigenvalue weighted by molar-refractivity contribution is 0.166. The van der Waals surface area contributed by atoms with Gasteiger partial charge in [0.1, 0.15) is 0 Å². The van der Waals surface area contributed by atoms with E-state index in [1.54, 1.807) is 11.3 Å². The molecular formula is C10H16Cl2N2S. The molecule has 1 aliphatic heterocycles. The van der Waals surface area contributed by atoms with Crippen molar-refractivity contribution in [2.24, 2.45) is 0 Å². The van der Waals surface area contributed by atoms with Crippen LogP contribution in [0.5, 0.6) is 0 Å². The summed E-state index contributed by atoms with van der Waals surface area (Å²) in [5, 5.41) is 8.46. The first kappa shape index (κ1) is 13.3. The lowest BCUT2D eigenvalue weighted by Crippen LogP contribution is -2.49. The third-order valence-corrected chi connectivity index (χ3v) is 3.97. The Morgan fingerprint density at radius 2 is 2.40 bits per heavy atom. The molecule has 2 nitrogen and oxygen atoms in total. The Morgan fingerprint density at radius 1 is 1.60 bits per heavy atom. The molecular weight excluding hydrogens is 251 g/mol. The van der Waals surface area contributed by atoms with Gasteiger partial charge in [-0.15, -0.1) is 12.4 Å². The van der Waals surface area contributed by atoms with Crippen molar-refractivity contribution in [3.05, 3.63) is 21.3 Å². The zero-order valence-electron chi connectivity index (χ0n) is 8.70. The van der Waals surface area contributed by atoms with E-state index in [0.717, 1.165) is 31.2 Å². The quantitative estimate of drug-likeness (QED) is 0.886. The van der Waals surface area contributed by atoms with Crippen molar-refractivity contribution in [2.45, 2.75) is 19.5 Å². The molecule has 0 unspecified atom stereocenters. The predicted molar refractivity (Wildman–Crippen MR) is 69.3 cm³/mol. The van der Waals surface area contributed by atoms with Gasteiger partial charge in [0, 0.05) is 37.6 Å². The van der Waals surface area contributed by atoms with Crippen LogP contribution in [-0.4, -0.2) is 30.6 Å². The maximum atomic E-state index is 6.07. The molecule has 1 aromatic heterocycles. The molecule has 1 atom stereocenters. The van der Waals surface area contributed by atoms with E-state index in [-0.39, 0.29) is 12.4 Å². The first-order chi connectivity index (χ1) is 6.77. The molecule has 5 heteroatoms. The fraction of sp³-hybridized carbons (Fsp3) is 0.600. The van der Waals surface area contributed by atoms with Crippen molar-refractivity contribution >= 4 is 35.3 Å². The summed E-state index contributed by atoms with van der Waals surface area (Å²) in [6.45, 7) is 6.54.